The highest BCUT2D eigenvalue weighted by Crippen LogP contribution is 2.27. The number of rotatable bonds is 3. The number of nitrogens with zero attached hydrogens (tertiary/aromatic N) is 2. The summed E-state index contributed by atoms with van der Waals surface area (Å²) in [7, 11) is 2.09. The molecule has 2 heterocycles. The molecule has 0 radical (unpaired) electrons. The van der Waals surface area contributed by atoms with Gasteiger partial charge in [-0.05, 0) is 18.7 Å². The summed E-state index contributed by atoms with van der Waals surface area (Å²) in [4.78, 5) is 19.9. The number of benzene rings is 1. The molecule has 0 saturated carbocycles. The Bertz CT molecular complexity index is 688. The summed E-state index contributed by atoms with van der Waals surface area (Å²) >= 11 is 7.60. The molecule has 2 N–H and O–H groups in total. The highest BCUT2D eigenvalue weighted by atomic mass is 35.5. The van der Waals surface area contributed by atoms with Gasteiger partial charge in [0.05, 0.1) is 5.69 Å². The number of likely N-dealkylation sites (N-methyl/N-ethyl adjacent to an activating group) is 1. The van der Waals surface area contributed by atoms with Crippen LogP contribution in [0.3, 0.4) is 0 Å². The third kappa shape index (κ3) is 3.58. The molecular weight excluding hydrogens is 320 g/mol. The van der Waals surface area contributed by atoms with Crippen LogP contribution in [0.25, 0.3) is 0 Å². The number of hydrogen-bond acceptors (Lipinski definition) is 4. The number of urea groups is 1. The first-order chi connectivity index (χ1) is 10.6. The molecule has 116 valence electrons. The van der Waals surface area contributed by atoms with Crippen LogP contribution in [0.5, 0.6) is 0 Å². The first-order valence-electron chi connectivity index (χ1n) is 7.07. The average Bonchev–Trinajstić information content (AvgIpc) is 2.87. The van der Waals surface area contributed by atoms with Crippen molar-refractivity contribution in [3.63, 3.8) is 0 Å². The lowest BCUT2D eigenvalue weighted by Crippen LogP contribution is -2.28. The van der Waals surface area contributed by atoms with Gasteiger partial charge in [0.2, 0.25) is 0 Å². The van der Waals surface area contributed by atoms with Crippen LogP contribution in [0.2, 0.25) is 5.02 Å². The number of hydrogen-bond donors (Lipinski definition) is 2. The van der Waals surface area contributed by atoms with Crippen molar-refractivity contribution in [3.05, 3.63) is 45.4 Å². The Morgan fingerprint density at radius 2 is 2.27 bits per heavy atom. The largest absolute Gasteiger partial charge is 0.334 e. The summed E-state index contributed by atoms with van der Waals surface area (Å²) in [5.74, 6) is 0. The molecule has 0 bridgehead atoms. The molecule has 1 aromatic heterocycles. The van der Waals surface area contributed by atoms with Gasteiger partial charge in [0.15, 0.2) is 5.13 Å². The van der Waals surface area contributed by atoms with Gasteiger partial charge in [-0.1, -0.05) is 29.8 Å². The Balaban J connectivity index is 1.57. The van der Waals surface area contributed by atoms with Gasteiger partial charge in [0, 0.05) is 36.0 Å². The maximum absolute atomic E-state index is 12.0. The number of aromatic nitrogens is 1. The van der Waals surface area contributed by atoms with Crippen LogP contribution >= 0.6 is 22.9 Å². The zero-order valence-corrected chi connectivity index (χ0v) is 13.8. The number of carbonyl (C=O) groups is 1. The molecule has 22 heavy (non-hydrogen) atoms. The number of carbonyl (C=O) groups excluding carboxylic acids is 1. The molecule has 1 aliphatic rings. The Morgan fingerprint density at radius 3 is 3.09 bits per heavy atom. The van der Waals surface area contributed by atoms with Gasteiger partial charge < -0.3 is 10.2 Å². The standard InChI is InChI=1S/C15H17ClN4OS/c1-20-7-6-12-13(9-20)22-15(18-12)19-14(21)17-8-10-4-2-3-5-11(10)16/h2-5H,6-9H2,1H3,(H2,17,18,19,21). The third-order valence-corrected chi connectivity index (χ3v) is 4.91. The monoisotopic (exact) mass is 336 g/mol. The number of thiazole rings is 1. The number of amides is 2. The first kappa shape index (κ1) is 15.3. The van der Waals surface area contributed by atoms with E-state index in [1.165, 1.54) is 4.88 Å². The van der Waals surface area contributed by atoms with Crippen LogP contribution in [0.15, 0.2) is 24.3 Å². The van der Waals surface area contributed by atoms with Crippen molar-refractivity contribution < 1.29 is 4.79 Å². The molecule has 0 aliphatic carbocycles. The van der Waals surface area contributed by atoms with E-state index in [1.807, 2.05) is 24.3 Å². The second-order valence-electron chi connectivity index (χ2n) is 5.28. The van der Waals surface area contributed by atoms with Crippen molar-refractivity contribution in [2.24, 2.45) is 0 Å². The number of halogens is 1. The fourth-order valence-electron chi connectivity index (χ4n) is 2.34. The predicted octanol–water partition coefficient (Wildman–Crippen LogP) is 3.11. The summed E-state index contributed by atoms with van der Waals surface area (Å²) in [6.07, 6.45) is 0.936. The van der Waals surface area contributed by atoms with Gasteiger partial charge in [-0.15, -0.1) is 11.3 Å². The van der Waals surface area contributed by atoms with Crippen molar-refractivity contribution in [3.8, 4) is 0 Å². The molecule has 2 amide bonds. The van der Waals surface area contributed by atoms with Gasteiger partial charge in [-0.3, -0.25) is 5.32 Å². The number of nitrogens with one attached hydrogen (secondary N) is 2. The van der Waals surface area contributed by atoms with Crippen LogP contribution < -0.4 is 10.6 Å². The zero-order chi connectivity index (χ0) is 15.5. The highest BCUT2D eigenvalue weighted by molar-refractivity contribution is 7.15. The van der Waals surface area contributed by atoms with E-state index in [4.69, 9.17) is 11.6 Å². The van der Waals surface area contributed by atoms with E-state index < -0.39 is 0 Å². The molecule has 5 nitrogen and oxygen atoms in total. The van der Waals surface area contributed by atoms with E-state index in [0.29, 0.717) is 16.7 Å². The van der Waals surface area contributed by atoms with Crippen LogP contribution in [0.1, 0.15) is 16.1 Å². The normalized spacial score (nSPS) is 14.5. The summed E-state index contributed by atoms with van der Waals surface area (Å²) in [5.41, 5.74) is 1.99. The topological polar surface area (TPSA) is 57.3 Å². The van der Waals surface area contributed by atoms with Crippen LogP contribution in [0.4, 0.5) is 9.93 Å². The minimum Gasteiger partial charge on any atom is -0.334 e. The van der Waals surface area contributed by atoms with Crippen LogP contribution in [-0.2, 0) is 19.5 Å². The minimum absolute atomic E-state index is 0.264. The fraction of sp³-hybridized carbons (Fsp3) is 0.333. The first-order valence-corrected chi connectivity index (χ1v) is 8.26. The highest BCUT2D eigenvalue weighted by Gasteiger charge is 2.19. The Kier molecular flexibility index (Phi) is 4.61. The molecule has 2 aromatic rings. The maximum atomic E-state index is 12.0. The predicted molar refractivity (Wildman–Crippen MR) is 89.5 cm³/mol. The molecule has 0 atom stereocenters. The maximum Gasteiger partial charge on any atom is 0.321 e. The van der Waals surface area contributed by atoms with Gasteiger partial charge in [0.25, 0.3) is 0 Å². The second-order valence-corrected chi connectivity index (χ2v) is 6.77. The lowest BCUT2D eigenvalue weighted by molar-refractivity contribution is 0.251. The third-order valence-electron chi connectivity index (χ3n) is 3.54. The SMILES string of the molecule is CN1CCc2nc(NC(=O)NCc3ccccc3Cl)sc2C1. The molecule has 0 saturated heterocycles. The average molecular weight is 337 g/mol. The van der Waals surface area contributed by atoms with E-state index in [1.54, 1.807) is 11.3 Å². The lowest BCUT2D eigenvalue weighted by Gasteiger charge is -2.20. The molecule has 0 spiro atoms. The summed E-state index contributed by atoms with van der Waals surface area (Å²) in [6.45, 7) is 2.30. The van der Waals surface area contributed by atoms with Crippen molar-refractivity contribution >= 4 is 34.1 Å². The molecule has 1 aromatic carbocycles. The molecule has 0 unspecified atom stereocenters. The van der Waals surface area contributed by atoms with E-state index in [9.17, 15) is 4.79 Å². The zero-order valence-electron chi connectivity index (χ0n) is 12.2. The quantitative estimate of drug-likeness (QED) is 0.905. The summed E-state index contributed by atoms with van der Waals surface area (Å²) in [5, 5.41) is 6.90. The van der Waals surface area contributed by atoms with Gasteiger partial charge in [0.1, 0.15) is 0 Å². The van der Waals surface area contributed by atoms with E-state index in [2.05, 4.69) is 27.6 Å². The lowest BCUT2D eigenvalue weighted by atomic mass is 10.2. The molecular formula is C15H17ClN4OS. The Labute approximate surface area is 138 Å². The smallest absolute Gasteiger partial charge is 0.321 e. The van der Waals surface area contributed by atoms with Gasteiger partial charge in [-0.25, -0.2) is 9.78 Å². The van der Waals surface area contributed by atoms with E-state index >= 15 is 0 Å². The molecule has 7 heteroatoms. The van der Waals surface area contributed by atoms with Crippen molar-refractivity contribution in [2.45, 2.75) is 19.5 Å². The van der Waals surface area contributed by atoms with Crippen LogP contribution in [0, 0.1) is 0 Å². The summed E-state index contributed by atoms with van der Waals surface area (Å²) < 4.78 is 0. The van der Waals surface area contributed by atoms with Crippen LogP contribution in [-0.4, -0.2) is 29.5 Å². The van der Waals surface area contributed by atoms with E-state index in [-0.39, 0.29) is 6.03 Å². The van der Waals surface area contributed by atoms with Gasteiger partial charge >= 0.3 is 6.03 Å². The second kappa shape index (κ2) is 6.64. The molecule has 1 aliphatic heterocycles. The van der Waals surface area contributed by atoms with E-state index in [0.717, 1.165) is 30.8 Å². The van der Waals surface area contributed by atoms with Gasteiger partial charge in [-0.2, -0.15) is 0 Å². The van der Waals surface area contributed by atoms with Crippen molar-refractivity contribution in [1.29, 1.82) is 0 Å². The van der Waals surface area contributed by atoms with Crippen molar-refractivity contribution in [1.82, 2.24) is 15.2 Å². The van der Waals surface area contributed by atoms with Crippen molar-refractivity contribution in [2.75, 3.05) is 18.9 Å². The summed E-state index contributed by atoms with van der Waals surface area (Å²) in [6, 6.07) is 7.19. The Morgan fingerprint density at radius 1 is 1.45 bits per heavy atom. The fourth-order valence-corrected chi connectivity index (χ4v) is 3.62. The minimum atomic E-state index is -0.264. The Hall–Kier alpha value is -1.63. The molecule has 3 rings (SSSR count). The number of anilines is 1. The molecule has 0 fully saturated rings. The number of fused-ring (bicyclic) bond motifs is 1.